The first-order valence-electron chi connectivity index (χ1n) is 3.17. The molecule has 0 aliphatic rings. The van der Waals surface area contributed by atoms with E-state index in [4.69, 9.17) is 5.73 Å². The zero-order valence-electron chi connectivity index (χ0n) is 5.56. The Balaban J connectivity index is 3.03. The van der Waals surface area contributed by atoms with Crippen molar-refractivity contribution in [3.8, 4) is 0 Å². The van der Waals surface area contributed by atoms with E-state index in [0.29, 0.717) is 6.04 Å². The van der Waals surface area contributed by atoms with Crippen LogP contribution in [0.1, 0.15) is 26.2 Å². The fourth-order valence-electron chi connectivity index (χ4n) is 0.703. The molecule has 0 spiro atoms. The Hall–Kier alpha value is -0.300. The minimum absolute atomic E-state index is 0.345. The van der Waals surface area contributed by atoms with Crippen molar-refractivity contribution in [2.24, 2.45) is 5.73 Å². The second-order valence-electron chi connectivity index (χ2n) is 2.07. The molecule has 0 aromatic rings. The molecule has 1 nitrogen and oxygen atoms in total. The molecule has 1 atom stereocenters. The van der Waals surface area contributed by atoms with E-state index < -0.39 is 0 Å². The van der Waals surface area contributed by atoms with Crippen LogP contribution in [0.4, 0.5) is 0 Å². The summed E-state index contributed by atoms with van der Waals surface area (Å²) in [7, 11) is 0. The second kappa shape index (κ2) is 4.85. The van der Waals surface area contributed by atoms with Crippen LogP contribution in [0, 0.1) is 0 Å². The molecule has 0 aromatic carbocycles. The second-order valence-corrected chi connectivity index (χ2v) is 2.07. The average molecular weight is 113 g/mol. The van der Waals surface area contributed by atoms with Gasteiger partial charge in [-0.25, -0.2) is 0 Å². The quantitative estimate of drug-likeness (QED) is 0.552. The van der Waals surface area contributed by atoms with Crippen molar-refractivity contribution in [2.45, 2.75) is 32.2 Å². The van der Waals surface area contributed by atoms with Crippen LogP contribution in [0.2, 0.25) is 0 Å². The lowest BCUT2D eigenvalue weighted by Gasteiger charge is -2.04. The van der Waals surface area contributed by atoms with E-state index in [1.807, 2.05) is 6.08 Å². The SMILES string of the molecule is C=CC[C@@H](N)CCC. The highest BCUT2D eigenvalue weighted by molar-refractivity contribution is 4.74. The van der Waals surface area contributed by atoms with Crippen molar-refractivity contribution >= 4 is 0 Å². The summed E-state index contributed by atoms with van der Waals surface area (Å²) in [6.45, 7) is 5.74. The summed E-state index contributed by atoms with van der Waals surface area (Å²) in [6, 6.07) is 0.345. The molecular formula is C7H15N. The molecule has 0 fully saturated rings. The van der Waals surface area contributed by atoms with Gasteiger partial charge in [0.15, 0.2) is 0 Å². The zero-order valence-corrected chi connectivity index (χ0v) is 5.56. The van der Waals surface area contributed by atoms with E-state index in [0.717, 1.165) is 12.8 Å². The van der Waals surface area contributed by atoms with E-state index in [2.05, 4.69) is 13.5 Å². The summed E-state index contributed by atoms with van der Waals surface area (Å²) in [4.78, 5) is 0. The topological polar surface area (TPSA) is 26.0 Å². The third-order valence-corrected chi connectivity index (χ3v) is 1.13. The number of hydrogen-bond acceptors (Lipinski definition) is 1. The summed E-state index contributed by atoms with van der Waals surface area (Å²) >= 11 is 0. The Kier molecular flexibility index (Phi) is 4.67. The van der Waals surface area contributed by atoms with Crippen LogP contribution < -0.4 is 5.73 Å². The summed E-state index contributed by atoms with van der Waals surface area (Å²) in [5, 5.41) is 0. The minimum Gasteiger partial charge on any atom is -0.327 e. The van der Waals surface area contributed by atoms with E-state index in [1.54, 1.807) is 0 Å². The van der Waals surface area contributed by atoms with Gasteiger partial charge in [-0.1, -0.05) is 19.4 Å². The van der Waals surface area contributed by atoms with Gasteiger partial charge in [0.25, 0.3) is 0 Å². The van der Waals surface area contributed by atoms with Crippen LogP contribution in [0.15, 0.2) is 12.7 Å². The van der Waals surface area contributed by atoms with Crippen molar-refractivity contribution in [1.82, 2.24) is 0 Å². The number of nitrogens with two attached hydrogens (primary N) is 1. The van der Waals surface area contributed by atoms with Gasteiger partial charge in [0.2, 0.25) is 0 Å². The highest BCUT2D eigenvalue weighted by atomic mass is 14.6. The molecule has 0 saturated heterocycles. The first-order valence-corrected chi connectivity index (χ1v) is 3.17. The molecule has 0 amide bonds. The van der Waals surface area contributed by atoms with Gasteiger partial charge in [0.1, 0.15) is 0 Å². The maximum Gasteiger partial charge on any atom is 0.00732 e. The minimum atomic E-state index is 0.345. The molecule has 0 unspecified atom stereocenters. The molecule has 0 aliphatic carbocycles. The number of rotatable bonds is 4. The molecular weight excluding hydrogens is 98.1 g/mol. The van der Waals surface area contributed by atoms with Gasteiger partial charge in [-0.05, 0) is 12.8 Å². The lowest BCUT2D eigenvalue weighted by Crippen LogP contribution is -2.17. The van der Waals surface area contributed by atoms with Gasteiger partial charge in [0.05, 0.1) is 0 Å². The first kappa shape index (κ1) is 7.70. The maximum absolute atomic E-state index is 5.62. The summed E-state index contributed by atoms with van der Waals surface area (Å²) in [5.74, 6) is 0. The van der Waals surface area contributed by atoms with Crippen LogP contribution in [0.3, 0.4) is 0 Å². The highest BCUT2D eigenvalue weighted by Gasteiger charge is 1.94. The van der Waals surface area contributed by atoms with Crippen molar-refractivity contribution in [3.05, 3.63) is 12.7 Å². The largest absolute Gasteiger partial charge is 0.327 e. The zero-order chi connectivity index (χ0) is 6.41. The highest BCUT2D eigenvalue weighted by Crippen LogP contribution is 1.97. The van der Waals surface area contributed by atoms with Crippen molar-refractivity contribution in [1.29, 1.82) is 0 Å². The molecule has 48 valence electrons. The Morgan fingerprint density at radius 2 is 2.38 bits per heavy atom. The van der Waals surface area contributed by atoms with E-state index in [-0.39, 0.29) is 0 Å². The third kappa shape index (κ3) is 3.88. The first-order chi connectivity index (χ1) is 3.81. The summed E-state index contributed by atoms with van der Waals surface area (Å²) in [6.07, 6.45) is 5.12. The smallest absolute Gasteiger partial charge is 0.00732 e. The van der Waals surface area contributed by atoms with Crippen molar-refractivity contribution in [3.63, 3.8) is 0 Å². The van der Waals surface area contributed by atoms with Gasteiger partial charge in [-0.3, -0.25) is 0 Å². The molecule has 0 aliphatic heterocycles. The van der Waals surface area contributed by atoms with Gasteiger partial charge < -0.3 is 5.73 Å². The lowest BCUT2D eigenvalue weighted by molar-refractivity contribution is 0.611. The van der Waals surface area contributed by atoms with Crippen LogP contribution >= 0.6 is 0 Å². The molecule has 0 rings (SSSR count). The molecule has 2 N–H and O–H groups in total. The molecule has 0 saturated carbocycles. The molecule has 0 aromatic heterocycles. The Morgan fingerprint density at radius 1 is 1.75 bits per heavy atom. The van der Waals surface area contributed by atoms with Crippen LogP contribution in [-0.2, 0) is 0 Å². The van der Waals surface area contributed by atoms with E-state index in [1.165, 1.54) is 6.42 Å². The van der Waals surface area contributed by atoms with Crippen LogP contribution in [-0.4, -0.2) is 6.04 Å². The monoisotopic (exact) mass is 113 g/mol. The fraction of sp³-hybridized carbons (Fsp3) is 0.714. The molecule has 0 bridgehead atoms. The number of hydrogen-bond donors (Lipinski definition) is 1. The molecule has 8 heavy (non-hydrogen) atoms. The summed E-state index contributed by atoms with van der Waals surface area (Å²) < 4.78 is 0. The van der Waals surface area contributed by atoms with E-state index >= 15 is 0 Å². The fourth-order valence-corrected chi connectivity index (χ4v) is 0.703. The van der Waals surface area contributed by atoms with Gasteiger partial charge in [-0.2, -0.15) is 0 Å². The molecule has 0 heterocycles. The predicted molar refractivity (Wildman–Crippen MR) is 37.7 cm³/mol. The molecule has 0 radical (unpaired) electrons. The van der Waals surface area contributed by atoms with E-state index in [9.17, 15) is 0 Å². The Bertz CT molecular complexity index is 59.4. The lowest BCUT2D eigenvalue weighted by atomic mass is 10.1. The van der Waals surface area contributed by atoms with Gasteiger partial charge in [0, 0.05) is 6.04 Å². The standard InChI is InChI=1S/C7H15N/c1-3-5-7(8)6-4-2/h3,7H,1,4-6,8H2,2H3/t7-/m1/s1. The Labute approximate surface area is 51.6 Å². The third-order valence-electron chi connectivity index (χ3n) is 1.13. The van der Waals surface area contributed by atoms with Crippen LogP contribution in [0.5, 0.6) is 0 Å². The predicted octanol–water partition coefficient (Wildman–Crippen LogP) is 1.69. The van der Waals surface area contributed by atoms with Gasteiger partial charge in [-0.15, -0.1) is 6.58 Å². The van der Waals surface area contributed by atoms with Crippen molar-refractivity contribution < 1.29 is 0 Å². The molecule has 1 heteroatoms. The maximum atomic E-state index is 5.62. The van der Waals surface area contributed by atoms with Crippen LogP contribution in [0.25, 0.3) is 0 Å². The van der Waals surface area contributed by atoms with Gasteiger partial charge >= 0.3 is 0 Å². The summed E-state index contributed by atoms with van der Waals surface area (Å²) in [5.41, 5.74) is 5.62. The normalized spacial score (nSPS) is 13.2. The Morgan fingerprint density at radius 3 is 2.75 bits per heavy atom. The average Bonchev–Trinajstić information content (AvgIpc) is 1.68. The van der Waals surface area contributed by atoms with Crippen molar-refractivity contribution in [2.75, 3.05) is 0 Å².